The van der Waals surface area contributed by atoms with Gasteiger partial charge in [0.1, 0.15) is 0 Å². The van der Waals surface area contributed by atoms with Crippen molar-refractivity contribution in [1.82, 2.24) is 20.5 Å². The van der Waals surface area contributed by atoms with Crippen LogP contribution in [0.5, 0.6) is 0 Å². The third kappa shape index (κ3) is 4.20. The molecule has 2 N–H and O–H groups in total. The summed E-state index contributed by atoms with van der Waals surface area (Å²) in [6.07, 6.45) is 3.49. The maximum absolute atomic E-state index is 11.7. The van der Waals surface area contributed by atoms with E-state index in [4.69, 9.17) is 0 Å². The maximum atomic E-state index is 11.7. The van der Waals surface area contributed by atoms with Crippen molar-refractivity contribution >= 4 is 18.4 Å². The van der Waals surface area contributed by atoms with E-state index in [1.807, 2.05) is 17.0 Å². The van der Waals surface area contributed by atoms with Gasteiger partial charge in [-0.1, -0.05) is 6.07 Å². The van der Waals surface area contributed by atoms with Gasteiger partial charge >= 0.3 is 6.03 Å². The largest absolute Gasteiger partial charge is 0.334 e. The van der Waals surface area contributed by atoms with Crippen molar-refractivity contribution in [3.05, 3.63) is 30.1 Å². The second-order valence-corrected chi connectivity index (χ2v) is 3.76. The number of aromatic nitrogens is 1. The second-order valence-electron chi connectivity index (χ2n) is 3.76. The molecule has 0 atom stereocenters. The molecule has 0 aliphatic carbocycles. The Bertz CT molecular complexity index is 341. The summed E-state index contributed by atoms with van der Waals surface area (Å²) >= 11 is 0. The van der Waals surface area contributed by atoms with E-state index < -0.39 is 0 Å². The summed E-state index contributed by atoms with van der Waals surface area (Å²) in [7, 11) is 0. The van der Waals surface area contributed by atoms with Gasteiger partial charge in [-0.2, -0.15) is 0 Å². The number of carbonyl (C=O) groups excluding carboxylic acids is 1. The summed E-state index contributed by atoms with van der Waals surface area (Å²) in [5.41, 5.74) is 1.02. The van der Waals surface area contributed by atoms with Crippen molar-refractivity contribution in [3.8, 4) is 0 Å². The van der Waals surface area contributed by atoms with Crippen LogP contribution in [0, 0.1) is 0 Å². The van der Waals surface area contributed by atoms with Gasteiger partial charge in [0.15, 0.2) is 0 Å². The number of pyridine rings is 1. The highest BCUT2D eigenvalue weighted by molar-refractivity contribution is 5.85. The fourth-order valence-electron chi connectivity index (χ4n) is 1.66. The SMILES string of the molecule is Cl.O=C(NCc1cccnc1)N1CCNCC1. The molecule has 0 radical (unpaired) electrons. The minimum Gasteiger partial charge on any atom is -0.334 e. The van der Waals surface area contributed by atoms with Crippen LogP contribution in [0.3, 0.4) is 0 Å². The molecule has 5 nitrogen and oxygen atoms in total. The average molecular weight is 257 g/mol. The number of piperazine rings is 1. The van der Waals surface area contributed by atoms with Crippen molar-refractivity contribution in [2.24, 2.45) is 0 Å². The molecule has 1 aliphatic rings. The van der Waals surface area contributed by atoms with Gasteiger partial charge in [-0.05, 0) is 11.6 Å². The predicted molar refractivity (Wildman–Crippen MR) is 68.2 cm³/mol. The summed E-state index contributed by atoms with van der Waals surface area (Å²) in [6.45, 7) is 3.84. The van der Waals surface area contributed by atoms with Crippen LogP contribution in [0.15, 0.2) is 24.5 Å². The highest BCUT2D eigenvalue weighted by atomic mass is 35.5. The minimum atomic E-state index is 0. The Hall–Kier alpha value is -1.33. The zero-order chi connectivity index (χ0) is 11.2. The fraction of sp³-hybridized carbons (Fsp3) is 0.455. The minimum absolute atomic E-state index is 0. The number of hydrogen-bond donors (Lipinski definition) is 2. The number of urea groups is 1. The van der Waals surface area contributed by atoms with E-state index in [1.165, 1.54) is 0 Å². The topological polar surface area (TPSA) is 57.3 Å². The van der Waals surface area contributed by atoms with Crippen LogP contribution >= 0.6 is 12.4 Å². The van der Waals surface area contributed by atoms with Crippen LogP contribution in [-0.2, 0) is 6.54 Å². The number of nitrogens with one attached hydrogen (secondary N) is 2. The van der Waals surface area contributed by atoms with E-state index in [0.717, 1.165) is 31.7 Å². The summed E-state index contributed by atoms with van der Waals surface area (Å²) in [4.78, 5) is 17.6. The van der Waals surface area contributed by atoms with Crippen LogP contribution in [0.4, 0.5) is 4.79 Å². The van der Waals surface area contributed by atoms with Gasteiger partial charge in [-0.3, -0.25) is 4.98 Å². The molecule has 1 aromatic heterocycles. The molecule has 1 fully saturated rings. The van der Waals surface area contributed by atoms with E-state index in [-0.39, 0.29) is 18.4 Å². The predicted octanol–water partition coefficient (Wildman–Crippen LogP) is 0.618. The molecular formula is C11H17ClN4O. The van der Waals surface area contributed by atoms with Gasteiger partial charge in [-0.25, -0.2) is 4.79 Å². The van der Waals surface area contributed by atoms with Crippen LogP contribution in [0.25, 0.3) is 0 Å². The lowest BCUT2D eigenvalue weighted by atomic mass is 10.3. The lowest BCUT2D eigenvalue weighted by Crippen LogP contribution is -2.50. The molecule has 0 bridgehead atoms. The lowest BCUT2D eigenvalue weighted by Gasteiger charge is -2.27. The summed E-state index contributed by atoms with van der Waals surface area (Å²) in [5, 5.41) is 6.10. The molecule has 1 aliphatic heterocycles. The Morgan fingerprint density at radius 3 is 2.88 bits per heavy atom. The van der Waals surface area contributed by atoms with E-state index in [2.05, 4.69) is 15.6 Å². The van der Waals surface area contributed by atoms with Crippen LogP contribution in [0.2, 0.25) is 0 Å². The van der Waals surface area contributed by atoms with Crippen molar-refractivity contribution in [2.75, 3.05) is 26.2 Å². The molecule has 1 aromatic rings. The zero-order valence-electron chi connectivity index (χ0n) is 9.56. The van der Waals surface area contributed by atoms with Gasteiger partial charge in [0.2, 0.25) is 0 Å². The van der Waals surface area contributed by atoms with Crippen LogP contribution in [0.1, 0.15) is 5.56 Å². The number of carbonyl (C=O) groups is 1. The fourth-order valence-corrected chi connectivity index (χ4v) is 1.66. The molecule has 2 rings (SSSR count). The molecule has 1 saturated heterocycles. The Morgan fingerprint density at radius 2 is 2.24 bits per heavy atom. The van der Waals surface area contributed by atoms with Gasteiger partial charge in [0.25, 0.3) is 0 Å². The molecule has 0 saturated carbocycles. The monoisotopic (exact) mass is 256 g/mol. The normalized spacial score (nSPS) is 14.9. The van der Waals surface area contributed by atoms with E-state index in [0.29, 0.717) is 6.54 Å². The van der Waals surface area contributed by atoms with Crippen molar-refractivity contribution in [2.45, 2.75) is 6.54 Å². The first kappa shape index (κ1) is 13.7. The number of rotatable bonds is 2. The Kier molecular flexibility index (Phi) is 5.72. The Balaban J connectivity index is 0.00000144. The Labute approximate surface area is 107 Å². The first-order valence-corrected chi connectivity index (χ1v) is 5.48. The molecule has 0 spiro atoms. The van der Waals surface area contributed by atoms with Gasteiger partial charge < -0.3 is 15.5 Å². The molecule has 6 heteroatoms. The van der Waals surface area contributed by atoms with E-state index in [9.17, 15) is 4.79 Å². The lowest BCUT2D eigenvalue weighted by molar-refractivity contribution is 0.189. The molecule has 2 heterocycles. The van der Waals surface area contributed by atoms with Crippen LogP contribution < -0.4 is 10.6 Å². The van der Waals surface area contributed by atoms with Crippen LogP contribution in [-0.4, -0.2) is 42.1 Å². The molecule has 2 amide bonds. The van der Waals surface area contributed by atoms with E-state index in [1.54, 1.807) is 12.4 Å². The number of hydrogen-bond acceptors (Lipinski definition) is 3. The highest BCUT2D eigenvalue weighted by Crippen LogP contribution is 1.97. The summed E-state index contributed by atoms with van der Waals surface area (Å²) < 4.78 is 0. The highest BCUT2D eigenvalue weighted by Gasteiger charge is 2.15. The van der Waals surface area contributed by atoms with Crippen molar-refractivity contribution in [3.63, 3.8) is 0 Å². The molecule has 94 valence electrons. The quantitative estimate of drug-likeness (QED) is 0.816. The van der Waals surface area contributed by atoms with Gasteiger partial charge in [0.05, 0.1) is 0 Å². The third-order valence-corrected chi connectivity index (χ3v) is 2.57. The third-order valence-electron chi connectivity index (χ3n) is 2.57. The number of halogens is 1. The van der Waals surface area contributed by atoms with E-state index >= 15 is 0 Å². The molecule has 0 unspecified atom stereocenters. The zero-order valence-corrected chi connectivity index (χ0v) is 10.4. The standard InChI is InChI=1S/C11H16N4O.ClH/c16-11(15-6-4-12-5-7-15)14-9-10-2-1-3-13-8-10;/h1-3,8,12H,4-7,9H2,(H,14,16);1H. The Morgan fingerprint density at radius 1 is 1.47 bits per heavy atom. The van der Waals surface area contributed by atoms with Gasteiger partial charge in [-0.15, -0.1) is 12.4 Å². The second kappa shape index (κ2) is 7.09. The molecular weight excluding hydrogens is 240 g/mol. The number of amides is 2. The maximum Gasteiger partial charge on any atom is 0.317 e. The summed E-state index contributed by atoms with van der Waals surface area (Å²) in [5.74, 6) is 0. The smallest absolute Gasteiger partial charge is 0.317 e. The van der Waals surface area contributed by atoms with Gasteiger partial charge in [0, 0.05) is 45.1 Å². The molecule has 17 heavy (non-hydrogen) atoms. The van der Waals surface area contributed by atoms with Crippen molar-refractivity contribution in [1.29, 1.82) is 0 Å². The number of nitrogens with zero attached hydrogens (tertiary/aromatic N) is 2. The first-order chi connectivity index (χ1) is 7.86. The summed E-state index contributed by atoms with van der Waals surface area (Å²) in [6, 6.07) is 3.82. The average Bonchev–Trinajstić information content (AvgIpc) is 2.38. The van der Waals surface area contributed by atoms with Crippen molar-refractivity contribution < 1.29 is 4.79 Å². The molecule has 0 aromatic carbocycles. The first-order valence-electron chi connectivity index (χ1n) is 5.48.